The number of nitrogens with one attached hydrogen (secondary N) is 1. The van der Waals surface area contributed by atoms with E-state index in [0.29, 0.717) is 6.54 Å². The molecule has 0 rings (SSSR count). The fourth-order valence-corrected chi connectivity index (χ4v) is 1.51. The van der Waals surface area contributed by atoms with Crippen LogP contribution in [0, 0.1) is 11.3 Å². The van der Waals surface area contributed by atoms with Gasteiger partial charge in [-0.1, -0.05) is 0 Å². The summed E-state index contributed by atoms with van der Waals surface area (Å²) in [5, 5.41) is 20.8. The molecule has 1 amide bonds. The van der Waals surface area contributed by atoms with Crippen LogP contribution >= 0.6 is 0 Å². The lowest BCUT2D eigenvalue weighted by atomic mass is 10.1. The molecule has 116 valence electrons. The number of aliphatic hydroxyl groups excluding tert-OH is 1. The van der Waals surface area contributed by atoms with Crippen LogP contribution in [0.15, 0.2) is 0 Å². The Kier molecular flexibility index (Phi) is 6.97. The largest absolute Gasteiger partial charge is 0.444 e. The van der Waals surface area contributed by atoms with E-state index in [0.717, 1.165) is 0 Å². The highest BCUT2D eigenvalue weighted by atomic mass is 16.6. The lowest BCUT2D eigenvalue weighted by molar-refractivity contribution is 0.00503. The van der Waals surface area contributed by atoms with Crippen LogP contribution in [0.4, 0.5) is 4.79 Å². The standard InChI is InChI=1S/C14H27N3O3/c1-13(2,3)17(12(19)20-14(4,5)6)10-11(9-15)16-7-8-18/h11,16,18H,7-8,10H2,1-6H3. The number of aliphatic hydroxyl groups is 1. The number of ether oxygens (including phenoxy) is 1. The van der Waals surface area contributed by atoms with E-state index < -0.39 is 23.3 Å². The van der Waals surface area contributed by atoms with Gasteiger partial charge in [-0.05, 0) is 41.5 Å². The molecule has 0 bridgehead atoms. The Labute approximate surface area is 121 Å². The zero-order valence-corrected chi connectivity index (χ0v) is 13.4. The average molecular weight is 285 g/mol. The van der Waals surface area contributed by atoms with Gasteiger partial charge in [-0.25, -0.2) is 4.79 Å². The third kappa shape index (κ3) is 7.31. The first kappa shape index (κ1) is 18.7. The van der Waals surface area contributed by atoms with Gasteiger partial charge in [-0.15, -0.1) is 0 Å². The summed E-state index contributed by atoms with van der Waals surface area (Å²) in [6.07, 6.45) is -0.448. The molecule has 0 saturated heterocycles. The van der Waals surface area contributed by atoms with Gasteiger partial charge in [0.25, 0.3) is 0 Å². The summed E-state index contributed by atoms with van der Waals surface area (Å²) in [4.78, 5) is 13.8. The number of rotatable bonds is 5. The first-order chi connectivity index (χ1) is 9.01. The Morgan fingerprint density at radius 1 is 1.35 bits per heavy atom. The molecule has 0 saturated carbocycles. The quantitative estimate of drug-likeness (QED) is 0.799. The monoisotopic (exact) mass is 285 g/mol. The number of hydrogen-bond acceptors (Lipinski definition) is 5. The van der Waals surface area contributed by atoms with Crippen molar-refractivity contribution in [3.8, 4) is 6.07 Å². The minimum absolute atomic E-state index is 0.0554. The Balaban J connectivity index is 4.91. The molecule has 0 spiro atoms. The molecule has 1 atom stereocenters. The summed E-state index contributed by atoms with van der Waals surface area (Å²) < 4.78 is 5.38. The number of nitriles is 1. The highest BCUT2D eigenvalue weighted by Gasteiger charge is 2.32. The van der Waals surface area contributed by atoms with Crippen LogP contribution in [0.3, 0.4) is 0 Å². The maximum atomic E-state index is 12.2. The van der Waals surface area contributed by atoms with Crippen molar-refractivity contribution in [2.24, 2.45) is 0 Å². The third-order valence-corrected chi connectivity index (χ3v) is 2.45. The molecule has 0 radical (unpaired) electrons. The maximum Gasteiger partial charge on any atom is 0.410 e. The topological polar surface area (TPSA) is 85.6 Å². The summed E-state index contributed by atoms with van der Waals surface area (Å²) >= 11 is 0. The van der Waals surface area contributed by atoms with Crippen LogP contribution < -0.4 is 5.32 Å². The van der Waals surface area contributed by atoms with Crippen molar-refractivity contribution in [2.75, 3.05) is 19.7 Å². The molecular weight excluding hydrogens is 258 g/mol. The van der Waals surface area contributed by atoms with Crippen LogP contribution in [0.25, 0.3) is 0 Å². The zero-order valence-electron chi connectivity index (χ0n) is 13.4. The molecule has 0 aliphatic carbocycles. The van der Waals surface area contributed by atoms with E-state index in [-0.39, 0.29) is 13.2 Å². The Morgan fingerprint density at radius 3 is 2.25 bits per heavy atom. The lowest BCUT2D eigenvalue weighted by Crippen LogP contribution is -2.53. The number of carbonyl (C=O) groups is 1. The molecule has 0 heterocycles. The van der Waals surface area contributed by atoms with Gasteiger partial charge in [-0.3, -0.25) is 5.32 Å². The van der Waals surface area contributed by atoms with Crippen molar-refractivity contribution in [3.63, 3.8) is 0 Å². The molecule has 0 aromatic heterocycles. The fraction of sp³-hybridized carbons (Fsp3) is 0.857. The van der Waals surface area contributed by atoms with Crippen molar-refractivity contribution in [3.05, 3.63) is 0 Å². The fourth-order valence-electron chi connectivity index (χ4n) is 1.51. The van der Waals surface area contributed by atoms with E-state index >= 15 is 0 Å². The van der Waals surface area contributed by atoms with Gasteiger partial charge in [0.05, 0.1) is 19.2 Å². The summed E-state index contributed by atoms with van der Waals surface area (Å²) in [5.74, 6) is 0. The highest BCUT2D eigenvalue weighted by Crippen LogP contribution is 2.18. The lowest BCUT2D eigenvalue weighted by Gasteiger charge is -2.37. The Bertz CT molecular complexity index is 350. The summed E-state index contributed by atoms with van der Waals surface area (Å²) in [6.45, 7) is 11.5. The first-order valence-electron chi connectivity index (χ1n) is 6.75. The van der Waals surface area contributed by atoms with Crippen molar-refractivity contribution in [2.45, 2.75) is 58.7 Å². The van der Waals surface area contributed by atoms with E-state index in [1.54, 1.807) is 20.8 Å². The molecule has 0 fully saturated rings. The van der Waals surface area contributed by atoms with Crippen LogP contribution in [-0.2, 0) is 4.74 Å². The van der Waals surface area contributed by atoms with E-state index in [4.69, 9.17) is 15.1 Å². The second kappa shape index (κ2) is 7.46. The first-order valence-corrected chi connectivity index (χ1v) is 6.75. The molecule has 6 nitrogen and oxygen atoms in total. The molecule has 6 heteroatoms. The minimum Gasteiger partial charge on any atom is -0.444 e. The molecule has 1 unspecified atom stereocenters. The molecule has 0 aliphatic heterocycles. The molecule has 20 heavy (non-hydrogen) atoms. The van der Waals surface area contributed by atoms with Crippen LogP contribution in [0.2, 0.25) is 0 Å². The second-order valence-corrected chi connectivity index (χ2v) is 6.62. The third-order valence-electron chi connectivity index (χ3n) is 2.45. The predicted octanol–water partition coefficient (Wildman–Crippen LogP) is 1.50. The number of hydrogen-bond donors (Lipinski definition) is 2. The van der Waals surface area contributed by atoms with Crippen LogP contribution in [0.5, 0.6) is 0 Å². The predicted molar refractivity (Wildman–Crippen MR) is 77.2 cm³/mol. The van der Waals surface area contributed by atoms with Crippen molar-refractivity contribution >= 4 is 6.09 Å². The highest BCUT2D eigenvalue weighted by molar-refractivity contribution is 5.69. The normalized spacial score (nSPS) is 13.5. The number of amides is 1. The zero-order chi connectivity index (χ0) is 16.0. The van der Waals surface area contributed by atoms with Crippen molar-refractivity contribution < 1.29 is 14.6 Å². The van der Waals surface area contributed by atoms with Gasteiger partial charge in [0.2, 0.25) is 0 Å². The van der Waals surface area contributed by atoms with Crippen LogP contribution in [0.1, 0.15) is 41.5 Å². The van der Waals surface area contributed by atoms with Gasteiger partial charge in [0.15, 0.2) is 0 Å². The minimum atomic E-state index is -0.582. The molecule has 0 aliphatic rings. The van der Waals surface area contributed by atoms with Gasteiger partial charge < -0.3 is 14.7 Å². The van der Waals surface area contributed by atoms with Crippen LogP contribution in [-0.4, -0.2) is 53.0 Å². The molecule has 0 aromatic rings. The Morgan fingerprint density at radius 2 is 1.90 bits per heavy atom. The van der Waals surface area contributed by atoms with Gasteiger partial charge in [-0.2, -0.15) is 5.26 Å². The van der Waals surface area contributed by atoms with E-state index in [9.17, 15) is 4.79 Å². The van der Waals surface area contributed by atoms with Gasteiger partial charge in [0.1, 0.15) is 11.6 Å². The van der Waals surface area contributed by atoms with Gasteiger partial charge >= 0.3 is 6.09 Å². The smallest absolute Gasteiger partial charge is 0.410 e. The van der Waals surface area contributed by atoms with E-state index in [1.807, 2.05) is 20.8 Å². The summed E-state index contributed by atoms with van der Waals surface area (Å²) in [7, 11) is 0. The molecular formula is C14H27N3O3. The number of carbonyl (C=O) groups excluding carboxylic acids is 1. The van der Waals surface area contributed by atoms with E-state index in [2.05, 4.69) is 11.4 Å². The van der Waals surface area contributed by atoms with Crippen molar-refractivity contribution in [1.82, 2.24) is 10.2 Å². The van der Waals surface area contributed by atoms with Gasteiger partial charge in [0, 0.05) is 12.1 Å². The summed E-state index contributed by atoms with van der Waals surface area (Å²) in [6, 6.07) is 1.54. The Hall–Kier alpha value is -1.32. The maximum absolute atomic E-state index is 12.2. The number of nitrogens with zero attached hydrogens (tertiary/aromatic N) is 2. The molecule has 0 aromatic carbocycles. The molecule has 2 N–H and O–H groups in total. The average Bonchev–Trinajstić information content (AvgIpc) is 2.25. The SMILES string of the molecule is CC(C)(C)OC(=O)N(CC(C#N)NCCO)C(C)(C)C. The second-order valence-electron chi connectivity index (χ2n) is 6.62. The van der Waals surface area contributed by atoms with Crippen molar-refractivity contribution in [1.29, 1.82) is 5.26 Å². The summed E-state index contributed by atoms with van der Waals surface area (Å²) in [5.41, 5.74) is -1.04. The van der Waals surface area contributed by atoms with E-state index in [1.165, 1.54) is 4.90 Å².